The minimum atomic E-state index is -4.41. The zero-order valence-corrected chi connectivity index (χ0v) is 8.32. The fraction of sp³-hybridized carbons (Fsp3) is 0.100. The number of nitrogens with one attached hydrogen (secondary N) is 1. The normalized spacial score (nSPS) is 11.5. The second-order valence-electron chi connectivity index (χ2n) is 3.26. The van der Waals surface area contributed by atoms with Gasteiger partial charge in [0.25, 0.3) is 0 Å². The van der Waals surface area contributed by atoms with Gasteiger partial charge in [-0.2, -0.15) is 28.6 Å². The number of aromatic amines is 1. The van der Waals surface area contributed by atoms with E-state index in [4.69, 9.17) is 0 Å². The zero-order valence-electron chi connectivity index (χ0n) is 8.32. The number of benzene rings is 1. The number of ketones is 1. The van der Waals surface area contributed by atoms with Crippen LogP contribution in [0.3, 0.4) is 0 Å². The quantitative estimate of drug-likeness (QED) is 0.818. The Morgan fingerprint density at radius 1 is 1.18 bits per heavy atom. The third-order valence-electron chi connectivity index (χ3n) is 2.12. The number of aromatic nitrogens is 3. The molecule has 0 aliphatic heterocycles. The van der Waals surface area contributed by atoms with Crippen LogP contribution in [0.5, 0.6) is 0 Å². The van der Waals surface area contributed by atoms with E-state index < -0.39 is 17.5 Å². The Kier molecular flexibility index (Phi) is 2.66. The first-order valence-corrected chi connectivity index (χ1v) is 4.56. The van der Waals surface area contributed by atoms with Crippen molar-refractivity contribution >= 4 is 5.78 Å². The van der Waals surface area contributed by atoms with E-state index in [-0.39, 0.29) is 11.3 Å². The zero-order chi connectivity index (χ0) is 12.5. The lowest BCUT2D eigenvalue weighted by molar-refractivity contribution is -0.137. The van der Waals surface area contributed by atoms with E-state index in [1.165, 1.54) is 6.20 Å². The fourth-order valence-corrected chi connectivity index (χ4v) is 1.27. The molecule has 0 bridgehead atoms. The van der Waals surface area contributed by atoms with Crippen molar-refractivity contribution in [3.8, 4) is 0 Å². The summed E-state index contributed by atoms with van der Waals surface area (Å²) in [7, 11) is 0. The van der Waals surface area contributed by atoms with Crippen molar-refractivity contribution in [2.75, 3.05) is 0 Å². The van der Waals surface area contributed by atoms with Gasteiger partial charge in [-0.15, -0.1) is 0 Å². The first-order valence-electron chi connectivity index (χ1n) is 4.56. The van der Waals surface area contributed by atoms with Crippen molar-refractivity contribution in [1.82, 2.24) is 15.4 Å². The summed E-state index contributed by atoms with van der Waals surface area (Å²) >= 11 is 0. The highest BCUT2D eigenvalue weighted by atomic mass is 19.4. The first-order chi connectivity index (χ1) is 7.98. The Balaban J connectivity index is 2.28. The molecule has 0 fully saturated rings. The summed E-state index contributed by atoms with van der Waals surface area (Å²) in [4.78, 5) is 11.7. The highest BCUT2D eigenvalue weighted by molar-refractivity contribution is 6.07. The molecule has 0 aliphatic rings. The number of halogens is 3. The SMILES string of the molecule is O=C(c1ccc(C(F)(F)F)cc1)c1cn[nH]n1. The molecule has 0 amide bonds. The van der Waals surface area contributed by atoms with Crippen LogP contribution in [0.1, 0.15) is 21.6 Å². The van der Waals surface area contributed by atoms with Gasteiger partial charge in [0.15, 0.2) is 5.69 Å². The predicted octanol–water partition coefficient (Wildman–Crippen LogP) is 2.05. The van der Waals surface area contributed by atoms with Crippen molar-refractivity contribution < 1.29 is 18.0 Å². The maximum absolute atomic E-state index is 12.3. The molecule has 17 heavy (non-hydrogen) atoms. The van der Waals surface area contributed by atoms with E-state index in [2.05, 4.69) is 15.4 Å². The smallest absolute Gasteiger partial charge is 0.287 e. The standard InChI is InChI=1S/C10H6F3N3O/c11-10(12,13)7-3-1-6(2-4-7)9(17)8-5-14-16-15-8/h1-5H,(H,14,15,16). The third-order valence-corrected chi connectivity index (χ3v) is 2.12. The second kappa shape index (κ2) is 4.00. The number of alkyl halides is 3. The maximum atomic E-state index is 12.3. The first kappa shape index (κ1) is 11.3. The predicted molar refractivity (Wildman–Crippen MR) is 51.3 cm³/mol. The van der Waals surface area contributed by atoms with Crippen molar-refractivity contribution in [2.24, 2.45) is 0 Å². The average molecular weight is 241 g/mol. The summed E-state index contributed by atoms with van der Waals surface area (Å²) in [5.74, 6) is -0.479. The summed E-state index contributed by atoms with van der Waals surface area (Å²) in [6.07, 6.45) is -3.20. The molecular formula is C10H6F3N3O. The third kappa shape index (κ3) is 2.32. The molecule has 0 aliphatic carbocycles. The van der Waals surface area contributed by atoms with Crippen molar-refractivity contribution in [2.45, 2.75) is 6.18 Å². The van der Waals surface area contributed by atoms with Gasteiger partial charge in [0, 0.05) is 5.56 Å². The second-order valence-corrected chi connectivity index (χ2v) is 3.26. The number of nitrogens with zero attached hydrogens (tertiary/aromatic N) is 2. The van der Waals surface area contributed by atoms with Crippen LogP contribution in [0.25, 0.3) is 0 Å². The van der Waals surface area contributed by atoms with Gasteiger partial charge < -0.3 is 0 Å². The van der Waals surface area contributed by atoms with E-state index in [1.807, 2.05) is 0 Å². The summed E-state index contributed by atoms with van der Waals surface area (Å²) in [5.41, 5.74) is -0.606. The van der Waals surface area contributed by atoms with E-state index in [0.717, 1.165) is 24.3 Å². The Morgan fingerprint density at radius 2 is 1.82 bits per heavy atom. The number of carbonyl (C=O) groups is 1. The topological polar surface area (TPSA) is 58.6 Å². The Morgan fingerprint density at radius 3 is 2.29 bits per heavy atom. The Labute approximate surface area is 93.5 Å². The van der Waals surface area contributed by atoms with Gasteiger partial charge in [-0.3, -0.25) is 4.79 Å². The molecule has 0 radical (unpaired) electrons. The monoisotopic (exact) mass is 241 g/mol. The largest absolute Gasteiger partial charge is 0.416 e. The van der Waals surface area contributed by atoms with E-state index in [0.29, 0.717) is 0 Å². The maximum Gasteiger partial charge on any atom is 0.416 e. The van der Waals surface area contributed by atoms with Gasteiger partial charge in [0.2, 0.25) is 5.78 Å². The number of rotatable bonds is 2. The van der Waals surface area contributed by atoms with Crippen LogP contribution in [-0.2, 0) is 6.18 Å². The molecule has 1 heterocycles. The minimum absolute atomic E-state index is 0.0600. The van der Waals surface area contributed by atoms with E-state index in [1.54, 1.807) is 0 Å². The van der Waals surface area contributed by atoms with Crippen LogP contribution >= 0.6 is 0 Å². The van der Waals surface area contributed by atoms with Gasteiger partial charge in [0.1, 0.15) is 0 Å². The molecule has 1 N–H and O–H groups in total. The molecule has 1 aromatic heterocycles. The molecule has 0 spiro atoms. The molecular weight excluding hydrogens is 235 g/mol. The van der Waals surface area contributed by atoms with Gasteiger partial charge in [-0.1, -0.05) is 12.1 Å². The Hall–Kier alpha value is -2.18. The highest BCUT2D eigenvalue weighted by Gasteiger charge is 2.30. The van der Waals surface area contributed by atoms with Crippen molar-refractivity contribution in [3.05, 3.63) is 47.3 Å². The van der Waals surface area contributed by atoms with Gasteiger partial charge in [-0.05, 0) is 12.1 Å². The molecule has 1 aromatic carbocycles. The van der Waals surface area contributed by atoms with Gasteiger partial charge in [-0.25, -0.2) is 0 Å². The molecule has 88 valence electrons. The average Bonchev–Trinajstić information content (AvgIpc) is 2.80. The van der Waals surface area contributed by atoms with Gasteiger partial charge >= 0.3 is 6.18 Å². The number of hydrogen-bond donors (Lipinski definition) is 1. The van der Waals surface area contributed by atoms with Crippen LogP contribution in [0.15, 0.2) is 30.5 Å². The number of carbonyl (C=O) groups excluding carboxylic acids is 1. The number of H-pyrrole nitrogens is 1. The molecule has 7 heteroatoms. The molecule has 0 saturated heterocycles. The molecule has 2 rings (SSSR count). The highest BCUT2D eigenvalue weighted by Crippen LogP contribution is 2.29. The summed E-state index contributed by atoms with van der Waals surface area (Å²) in [6, 6.07) is 3.93. The molecule has 4 nitrogen and oxygen atoms in total. The molecule has 0 unspecified atom stereocenters. The van der Waals surface area contributed by atoms with Crippen molar-refractivity contribution in [1.29, 1.82) is 0 Å². The lowest BCUT2D eigenvalue weighted by Gasteiger charge is -2.06. The molecule has 2 aromatic rings. The fourth-order valence-electron chi connectivity index (χ4n) is 1.27. The Bertz CT molecular complexity index is 517. The van der Waals surface area contributed by atoms with E-state index in [9.17, 15) is 18.0 Å². The summed E-state index contributed by atoms with van der Waals surface area (Å²) in [6.45, 7) is 0. The summed E-state index contributed by atoms with van der Waals surface area (Å²) < 4.78 is 36.8. The summed E-state index contributed by atoms with van der Waals surface area (Å²) in [5, 5.41) is 9.26. The molecule has 0 atom stereocenters. The lowest BCUT2D eigenvalue weighted by Crippen LogP contribution is -2.06. The van der Waals surface area contributed by atoms with Crippen molar-refractivity contribution in [3.63, 3.8) is 0 Å². The lowest BCUT2D eigenvalue weighted by atomic mass is 10.1. The minimum Gasteiger partial charge on any atom is -0.287 e. The van der Waals surface area contributed by atoms with Crippen LogP contribution in [0.2, 0.25) is 0 Å². The number of hydrogen-bond acceptors (Lipinski definition) is 3. The van der Waals surface area contributed by atoms with Crippen LogP contribution in [0.4, 0.5) is 13.2 Å². The van der Waals surface area contributed by atoms with E-state index >= 15 is 0 Å². The van der Waals surface area contributed by atoms with Crippen LogP contribution in [0, 0.1) is 0 Å². The molecule has 0 saturated carbocycles. The van der Waals surface area contributed by atoms with Gasteiger partial charge in [0.05, 0.1) is 11.8 Å². The van der Waals surface area contributed by atoms with Crippen LogP contribution in [-0.4, -0.2) is 21.2 Å². The van der Waals surface area contributed by atoms with Crippen LogP contribution < -0.4 is 0 Å².